The molecule has 19 heavy (non-hydrogen) atoms. The largest absolute Gasteiger partial charge is 0.398 e. The molecular weight excluding hydrogens is 287 g/mol. The van der Waals surface area contributed by atoms with Crippen LogP contribution in [0.4, 0.5) is 20.8 Å². The number of thiophene rings is 1. The molecule has 2 aromatic rings. The molecule has 0 amide bonds. The minimum atomic E-state index is -0.469. The Morgan fingerprint density at radius 1 is 1.42 bits per heavy atom. The average Bonchev–Trinajstić information content (AvgIpc) is 2.76. The van der Waals surface area contributed by atoms with Crippen LogP contribution in [-0.4, -0.2) is 6.34 Å². The van der Waals surface area contributed by atoms with E-state index in [-0.39, 0.29) is 5.02 Å². The van der Waals surface area contributed by atoms with Crippen molar-refractivity contribution in [2.45, 2.75) is 6.17 Å². The molecule has 1 aliphatic heterocycles. The summed E-state index contributed by atoms with van der Waals surface area (Å²) in [5.74, 6) is -0.469. The van der Waals surface area contributed by atoms with Crippen LogP contribution in [0.2, 0.25) is 5.02 Å². The number of nitrogens with zero attached hydrogens (tertiary/aromatic N) is 2. The van der Waals surface area contributed by atoms with E-state index >= 15 is 0 Å². The van der Waals surface area contributed by atoms with Crippen LogP contribution in [0.3, 0.4) is 0 Å². The zero-order valence-electron chi connectivity index (χ0n) is 9.68. The van der Waals surface area contributed by atoms with Crippen LogP contribution in [0.5, 0.6) is 0 Å². The van der Waals surface area contributed by atoms with E-state index in [1.54, 1.807) is 17.3 Å². The standard InChI is InChI=1S/C12H10ClFN4S/c13-7-3-6(1-2-8(7)14)18-5-17-12-10(11(18)16)9(15)4-19-12/h1-5,11H,15-16H2. The molecule has 0 spiro atoms. The summed E-state index contributed by atoms with van der Waals surface area (Å²) in [5.41, 5.74) is 14.1. The third-order valence-corrected chi connectivity index (χ3v) is 4.15. The Balaban J connectivity index is 2.03. The van der Waals surface area contributed by atoms with E-state index in [1.165, 1.54) is 23.5 Å². The smallest absolute Gasteiger partial charge is 0.141 e. The van der Waals surface area contributed by atoms with Crippen LogP contribution in [0.15, 0.2) is 28.6 Å². The number of nitrogen functional groups attached to an aromatic ring is 1. The quantitative estimate of drug-likeness (QED) is 0.849. The molecule has 7 heteroatoms. The van der Waals surface area contributed by atoms with Gasteiger partial charge >= 0.3 is 0 Å². The molecule has 1 aromatic heterocycles. The van der Waals surface area contributed by atoms with E-state index in [0.717, 1.165) is 10.6 Å². The van der Waals surface area contributed by atoms with Crippen LogP contribution in [-0.2, 0) is 0 Å². The van der Waals surface area contributed by atoms with E-state index in [2.05, 4.69) is 4.99 Å². The van der Waals surface area contributed by atoms with Crippen LogP contribution in [0.25, 0.3) is 0 Å². The van der Waals surface area contributed by atoms with Gasteiger partial charge in [-0.3, -0.25) is 0 Å². The van der Waals surface area contributed by atoms with E-state index < -0.39 is 12.0 Å². The fourth-order valence-electron chi connectivity index (χ4n) is 1.97. The zero-order chi connectivity index (χ0) is 13.6. The Kier molecular flexibility index (Phi) is 2.93. The lowest BCUT2D eigenvalue weighted by Gasteiger charge is -2.30. The first-order valence-electron chi connectivity index (χ1n) is 5.48. The molecule has 0 fully saturated rings. The second-order valence-corrected chi connectivity index (χ2v) is 5.37. The predicted octanol–water partition coefficient (Wildman–Crippen LogP) is 3.26. The molecule has 1 aromatic carbocycles. The van der Waals surface area contributed by atoms with Gasteiger partial charge in [-0.25, -0.2) is 9.38 Å². The van der Waals surface area contributed by atoms with Crippen molar-refractivity contribution in [1.29, 1.82) is 0 Å². The van der Waals surface area contributed by atoms with Crippen molar-refractivity contribution >= 4 is 45.7 Å². The molecule has 3 rings (SSSR count). The zero-order valence-corrected chi connectivity index (χ0v) is 11.2. The molecule has 0 aliphatic carbocycles. The van der Waals surface area contributed by atoms with Crippen molar-refractivity contribution in [3.63, 3.8) is 0 Å². The molecule has 98 valence electrons. The average molecular weight is 297 g/mol. The second-order valence-electron chi connectivity index (χ2n) is 4.10. The SMILES string of the molecule is Nc1csc2c1C(N)N(c1ccc(F)c(Cl)c1)C=N2. The number of anilines is 2. The van der Waals surface area contributed by atoms with Crippen molar-refractivity contribution in [2.75, 3.05) is 10.6 Å². The molecule has 0 saturated carbocycles. The van der Waals surface area contributed by atoms with Gasteiger partial charge in [0, 0.05) is 16.6 Å². The Morgan fingerprint density at radius 2 is 2.21 bits per heavy atom. The summed E-state index contributed by atoms with van der Waals surface area (Å²) in [6.45, 7) is 0. The Morgan fingerprint density at radius 3 is 2.95 bits per heavy atom. The third kappa shape index (κ3) is 1.98. The van der Waals surface area contributed by atoms with Crippen molar-refractivity contribution in [3.05, 3.63) is 40.0 Å². The molecule has 4 N–H and O–H groups in total. The minimum Gasteiger partial charge on any atom is -0.398 e. The molecule has 1 atom stereocenters. The summed E-state index contributed by atoms with van der Waals surface area (Å²) in [7, 11) is 0. The van der Waals surface area contributed by atoms with E-state index in [0.29, 0.717) is 11.4 Å². The maximum Gasteiger partial charge on any atom is 0.141 e. The highest BCUT2D eigenvalue weighted by molar-refractivity contribution is 7.14. The van der Waals surface area contributed by atoms with Gasteiger partial charge in [0.25, 0.3) is 0 Å². The fourth-order valence-corrected chi connectivity index (χ4v) is 2.98. The summed E-state index contributed by atoms with van der Waals surface area (Å²) >= 11 is 7.22. The number of fused-ring (bicyclic) bond motifs is 1. The van der Waals surface area contributed by atoms with Gasteiger partial charge in [0.1, 0.15) is 17.0 Å². The summed E-state index contributed by atoms with van der Waals surface area (Å²) < 4.78 is 13.2. The van der Waals surface area contributed by atoms with E-state index in [4.69, 9.17) is 23.1 Å². The molecule has 2 heterocycles. The fraction of sp³-hybridized carbons (Fsp3) is 0.0833. The minimum absolute atomic E-state index is 0.0437. The van der Waals surface area contributed by atoms with Gasteiger partial charge in [-0.05, 0) is 18.2 Å². The molecule has 4 nitrogen and oxygen atoms in total. The number of benzene rings is 1. The highest BCUT2D eigenvalue weighted by atomic mass is 35.5. The number of rotatable bonds is 1. The highest BCUT2D eigenvalue weighted by Crippen LogP contribution is 2.41. The highest BCUT2D eigenvalue weighted by Gasteiger charge is 2.26. The number of halogens is 2. The van der Waals surface area contributed by atoms with Crippen LogP contribution in [0.1, 0.15) is 11.7 Å². The first-order chi connectivity index (χ1) is 9.08. The van der Waals surface area contributed by atoms with Gasteiger partial charge < -0.3 is 16.4 Å². The predicted molar refractivity (Wildman–Crippen MR) is 77.7 cm³/mol. The lowest BCUT2D eigenvalue weighted by molar-refractivity contribution is 0.627. The second kappa shape index (κ2) is 4.48. The van der Waals surface area contributed by atoms with Crippen molar-refractivity contribution in [3.8, 4) is 0 Å². The van der Waals surface area contributed by atoms with Gasteiger partial charge in [0.15, 0.2) is 0 Å². The van der Waals surface area contributed by atoms with Gasteiger partial charge in [-0.1, -0.05) is 11.6 Å². The summed E-state index contributed by atoms with van der Waals surface area (Å²) in [6, 6.07) is 4.40. The number of hydrogen-bond donors (Lipinski definition) is 2. The molecule has 1 aliphatic rings. The van der Waals surface area contributed by atoms with Crippen LogP contribution < -0.4 is 16.4 Å². The summed E-state index contributed by atoms with van der Waals surface area (Å²) in [4.78, 5) is 6.00. The number of nitrogens with two attached hydrogens (primary N) is 2. The molecule has 1 unspecified atom stereocenters. The van der Waals surface area contributed by atoms with Crippen molar-refractivity contribution in [2.24, 2.45) is 10.7 Å². The van der Waals surface area contributed by atoms with E-state index in [1.807, 2.05) is 5.38 Å². The first-order valence-corrected chi connectivity index (χ1v) is 6.73. The summed E-state index contributed by atoms with van der Waals surface area (Å²) in [5, 5.41) is 2.65. The third-order valence-electron chi connectivity index (χ3n) is 2.94. The van der Waals surface area contributed by atoms with Gasteiger partial charge in [0.2, 0.25) is 0 Å². The Hall–Kier alpha value is -1.63. The normalized spacial score (nSPS) is 17.6. The molecule has 0 radical (unpaired) electrons. The van der Waals surface area contributed by atoms with Gasteiger partial charge in [-0.15, -0.1) is 11.3 Å². The van der Waals surface area contributed by atoms with Crippen LogP contribution >= 0.6 is 22.9 Å². The lowest BCUT2D eigenvalue weighted by Crippen LogP contribution is -2.35. The summed E-state index contributed by atoms with van der Waals surface area (Å²) in [6.07, 6.45) is 1.15. The maximum absolute atomic E-state index is 13.2. The van der Waals surface area contributed by atoms with Crippen molar-refractivity contribution in [1.82, 2.24) is 0 Å². The Labute approximate surface area is 118 Å². The van der Waals surface area contributed by atoms with Gasteiger partial charge in [-0.2, -0.15) is 0 Å². The molecule has 0 bridgehead atoms. The number of hydrogen-bond acceptors (Lipinski definition) is 5. The maximum atomic E-state index is 13.2. The number of aliphatic imine (C=N–C) groups is 1. The van der Waals surface area contributed by atoms with Gasteiger partial charge in [0.05, 0.1) is 17.0 Å². The monoisotopic (exact) mass is 296 g/mol. The lowest BCUT2D eigenvalue weighted by atomic mass is 10.1. The topological polar surface area (TPSA) is 67.6 Å². The van der Waals surface area contributed by atoms with Crippen molar-refractivity contribution < 1.29 is 4.39 Å². The van der Waals surface area contributed by atoms with E-state index in [9.17, 15) is 4.39 Å². The molecule has 0 saturated heterocycles. The Bertz CT molecular complexity index is 670. The first kappa shape index (κ1) is 12.4. The molecular formula is C12H10ClFN4S. The van der Waals surface area contributed by atoms with Crippen LogP contribution in [0, 0.1) is 5.82 Å².